The zero-order valence-electron chi connectivity index (χ0n) is 11.8. The van der Waals surface area contributed by atoms with E-state index in [1.807, 2.05) is 30.7 Å². The maximum atomic E-state index is 11.0. The lowest BCUT2D eigenvalue weighted by atomic mass is 10.1. The Morgan fingerprint density at radius 2 is 2.19 bits per heavy atom. The molecule has 0 bridgehead atoms. The largest absolute Gasteiger partial charge is 0.478 e. The molecule has 6 nitrogen and oxygen atoms in total. The minimum absolute atomic E-state index is 0.200. The molecule has 0 atom stereocenters. The highest BCUT2D eigenvalue weighted by molar-refractivity contribution is 5.93. The molecular weight excluding hydrogens is 270 g/mol. The van der Waals surface area contributed by atoms with Crippen LogP contribution in [0, 0.1) is 0 Å². The molecule has 1 aromatic carbocycles. The number of aromatic carboxylic acids is 1. The number of carbonyl (C=O) groups is 1. The maximum absolute atomic E-state index is 11.0. The highest BCUT2D eigenvalue weighted by Gasteiger charge is 2.12. The molecule has 0 aliphatic rings. The molecule has 3 aromatic rings. The molecule has 0 aliphatic carbocycles. The molecule has 0 saturated carbocycles. The van der Waals surface area contributed by atoms with Gasteiger partial charge in [-0.15, -0.1) is 0 Å². The van der Waals surface area contributed by atoms with Crippen LogP contribution < -0.4 is 0 Å². The van der Waals surface area contributed by atoms with Crippen LogP contribution in [0.2, 0.25) is 0 Å². The number of carboxylic acid groups (broad SMARTS) is 1. The number of rotatable bonds is 4. The van der Waals surface area contributed by atoms with E-state index in [-0.39, 0.29) is 11.5 Å². The molecule has 0 unspecified atom stereocenters. The van der Waals surface area contributed by atoms with Crippen LogP contribution in [0.5, 0.6) is 0 Å². The van der Waals surface area contributed by atoms with Crippen molar-refractivity contribution < 1.29 is 14.4 Å². The van der Waals surface area contributed by atoms with E-state index in [9.17, 15) is 4.79 Å². The van der Waals surface area contributed by atoms with Gasteiger partial charge in [-0.05, 0) is 24.3 Å². The van der Waals surface area contributed by atoms with Gasteiger partial charge in [0.25, 0.3) is 0 Å². The van der Waals surface area contributed by atoms with Crippen LogP contribution in [0.3, 0.4) is 0 Å². The molecule has 1 N–H and O–H groups in total. The Hall–Kier alpha value is -2.63. The fourth-order valence-electron chi connectivity index (χ4n) is 2.19. The number of fused-ring (bicyclic) bond motifs is 1. The van der Waals surface area contributed by atoms with Crippen molar-refractivity contribution in [3.63, 3.8) is 0 Å². The van der Waals surface area contributed by atoms with Crippen molar-refractivity contribution in [1.82, 2.24) is 14.7 Å². The number of hydrogen-bond acceptors (Lipinski definition) is 4. The normalized spacial score (nSPS) is 11.4. The van der Waals surface area contributed by atoms with E-state index in [2.05, 4.69) is 10.1 Å². The van der Waals surface area contributed by atoms with Crippen molar-refractivity contribution in [2.24, 2.45) is 0 Å². The van der Waals surface area contributed by atoms with E-state index in [0.29, 0.717) is 18.3 Å². The van der Waals surface area contributed by atoms with Crippen LogP contribution in [0.15, 0.2) is 35.0 Å². The molecule has 6 heteroatoms. The molecule has 0 spiro atoms. The summed E-state index contributed by atoms with van der Waals surface area (Å²) >= 11 is 0. The molecule has 2 heterocycles. The molecule has 0 saturated heterocycles. The van der Waals surface area contributed by atoms with Gasteiger partial charge in [-0.2, -0.15) is 4.98 Å². The van der Waals surface area contributed by atoms with Gasteiger partial charge in [-0.3, -0.25) is 0 Å². The molecule has 0 fully saturated rings. The maximum Gasteiger partial charge on any atom is 0.335 e. The first kappa shape index (κ1) is 13.4. The quantitative estimate of drug-likeness (QED) is 0.797. The van der Waals surface area contributed by atoms with Gasteiger partial charge in [0.05, 0.1) is 12.1 Å². The fraction of sp³-hybridized carbons (Fsp3) is 0.267. The van der Waals surface area contributed by atoms with Gasteiger partial charge in [0.1, 0.15) is 0 Å². The Morgan fingerprint density at radius 1 is 1.38 bits per heavy atom. The predicted octanol–water partition coefficient (Wildman–Crippen LogP) is 2.89. The standard InChI is InChI=1S/C15H15N3O3/c1-9(2)14-16-13(17-21-14)8-18-6-5-10-7-11(15(19)20)3-4-12(10)18/h3-7,9H,8H2,1-2H3,(H,19,20). The van der Waals surface area contributed by atoms with E-state index in [1.165, 1.54) is 0 Å². The molecule has 0 aliphatic heterocycles. The predicted molar refractivity (Wildman–Crippen MR) is 76.4 cm³/mol. The van der Waals surface area contributed by atoms with Gasteiger partial charge >= 0.3 is 5.97 Å². The molecule has 0 radical (unpaired) electrons. The van der Waals surface area contributed by atoms with Gasteiger partial charge in [0.15, 0.2) is 5.82 Å². The molecule has 0 amide bonds. The fourth-order valence-corrected chi connectivity index (χ4v) is 2.19. The summed E-state index contributed by atoms with van der Waals surface area (Å²) in [6, 6.07) is 6.92. The minimum atomic E-state index is -0.926. The van der Waals surface area contributed by atoms with Gasteiger partial charge in [-0.25, -0.2) is 4.79 Å². The lowest BCUT2D eigenvalue weighted by molar-refractivity contribution is 0.0697. The van der Waals surface area contributed by atoms with E-state index in [0.717, 1.165) is 10.9 Å². The minimum Gasteiger partial charge on any atom is -0.478 e. The second-order valence-electron chi connectivity index (χ2n) is 5.23. The zero-order valence-corrected chi connectivity index (χ0v) is 11.8. The third-order valence-electron chi connectivity index (χ3n) is 3.31. The van der Waals surface area contributed by atoms with Crippen LogP contribution in [0.25, 0.3) is 10.9 Å². The molecular formula is C15H15N3O3. The highest BCUT2D eigenvalue weighted by atomic mass is 16.5. The lowest BCUT2D eigenvalue weighted by Crippen LogP contribution is -2.01. The summed E-state index contributed by atoms with van der Waals surface area (Å²) in [5, 5.41) is 13.8. The van der Waals surface area contributed by atoms with E-state index >= 15 is 0 Å². The van der Waals surface area contributed by atoms with Crippen molar-refractivity contribution in [3.8, 4) is 0 Å². The summed E-state index contributed by atoms with van der Waals surface area (Å²) in [4.78, 5) is 15.3. The molecule has 2 aromatic heterocycles. The summed E-state index contributed by atoms with van der Waals surface area (Å²) in [6.07, 6.45) is 1.89. The highest BCUT2D eigenvalue weighted by Crippen LogP contribution is 2.19. The Kier molecular flexibility index (Phi) is 3.21. The first-order valence-corrected chi connectivity index (χ1v) is 6.69. The smallest absolute Gasteiger partial charge is 0.335 e. The van der Waals surface area contributed by atoms with E-state index < -0.39 is 5.97 Å². The van der Waals surface area contributed by atoms with Crippen molar-refractivity contribution in [3.05, 3.63) is 47.7 Å². The lowest BCUT2D eigenvalue weighted by Gasteiger charge is -2.02. The average molecular weight is 285 g/mol. The van der Waals surface area contributed by atoms with Crippen molar-refractivity contribution in [2.45, 2.75) is 26.3 Å². The summed E-state index contributed by atoms with van der Waals surface area (Å²) in [6.45, 7) is 4.48. The van der Waals surface area contributed by atoms with Crippen molar-refractivity contribution >= 4 is 16.9 Å². The van der Waals surface area contributed by atoms with Gasteiger partial charge < -0.3 is 14.2 Å². The SMILES string of the molecule is CC(C)c1nc(Cn2ccc3cc(C(=O)O)ccc32)no1. The number of benzene rings is 1. The summed E-state index contributed by atoms with van der Waals surface area (Å²) in [5.74, 6) is 0.503. The van der Waals surface area contributed by atoms with Crippen LogP contribution in [-0.2, 0) is 6.54 Å². The van der Waals surface area contributed by atoms with E-state index in [1.54, 1.807) is 18.2 Å². The Bertz CT molecular complexity index is 801. The van der Waals surface area contributed by atoms with Gasteiger partial charge in [-0.1, -0.05) is 19.0 Å². The average Bonchev–Trinajstić information content (AvgIpc) is 3.06. The third kappa shape index (κ3) is 2.52. The van der Waals surface area contributed by atoms with E-state index in [4.69, 9.17) is 9.63 Å². The number of aromatic nitrogens is 3. The van der Waals surface area contributed by atoms with Crippen molar-refractivity contribution in [1.29, 1.82) is 0 Å². The van der Waals surface area contributed by atoms with Crippen LogP contribution in [0.1, 0.15) is 41.8 Å². The third-order valence-corrected chi connectivity index (χ3v) is 3.31. The summed E-state index contributed by atoms with van der Waals surface area (Å²) in [7, 11) is 0. The Balaban J connectivity index is 1.91. The first-order valence-electron chi connectivity index (χ1n) is 6.69. The molecule has 21 heavy (non-hydrogen) atoms. The number of nitrogens with zero attached hydrogens (tertiary/aromatic N) is 3. The Morgan fingerprint density at radius 3 is 2.86 bits per heavy atom. The first-order chi connectivity index (χ1) is 10.0. The Labute approximate surface area is 121 Å². The topological polar surface area (TPSA) is 81.2 Å². The van der Waals surface area contributed by atoms with Crippen molar-refractivity contribution in [2.75, 3.05) is 0 Å². The van der Waals surface area contributed by atoms with Crippen LogP contribution in [0.4, 0.5) is 0 Å². The zero-order chi connectivity index (χ0) is 15.0. The van der Waals surface area contributed by atoms with Gasteiger partial charge in [0, 0.05) is 23.0 Å². The van der Waals surface area contributed by atoms with Crippen LogP contribution >= 0.6 is 0 Å². The second kappa shape index (κ2) is 5.05. The number of carboxylic acids is 1. The van der Waals surface area contributed by atoms with Crippen LogP contribution in [-0.4, -0.2) is 25.8 Å². The molecule has 108 valence electrons. The van der Waals surface area contributed by atoms with Gasteiger partial charge in [0.2, 0.25) is 5.89 Å². The number of hydrogen-bond donors (Lipinski definition) is 1. The summed E-state index contributed by atoms with van der Waals surface area (Å²) in [5.41, 5.74) is 1.22. The molecule has 3 rings (SSSR count). The summed E-state index contributed by atoms with van der Waals surface area (Å²) < 4.78 is 7.15. The monoisotopic (exact) mass is 285 g/mol. The second-order valence-corrected chi connectivity index (χ2v) is 5.23.